The van der Waals surface area contributed by atoms with E-state index in [1.165, 1.54) is 0 Å². The standard InChI is InChI=1S/C7H13NO2/c9-4-6-2-1-3-7(5-10)8-6/h4,6-8,10H,1-3,5H2. The van der Waals surface area contributed by atoms with Gasteiger partial charge in [-0.15, -0.1) is 0 Å². The zero-order valence-corrected chi connectivity index (χ0v) is 5.92. The van der Waals surface area contributed by atoms with E-state index in [0.29, 0.717) is 0 Å². The highest BCUT2D eigenvalue weighted by Gasteiger charge is 2.18. The van der Waals surface area contributed by atoms with Crippen LogP contribution in [0.15, 0.2) is 0 Å². The van der Waals surface area contributed by atoms with Crippen molar-refractivity contribution in [1.29, 1.82) is 0 Å². The Hall–Kier alpha value is -0.410. The number of nitrogens with one attached hydrogen (secondary N) is 1. The summed E-state index contributed by atoms with van der Waals surface area (Å²) in [6.45, 7) is 0.143. The van der Waals surface area contributed by atoms with E-state index in [0.717, 1.165) is 25.5 Å². The average Bonchev–Trinajstić information content (AvgIpc) is 2.05. The van der Waals surface area contributed by atoms with Crippen molar-refractivity contribution in [2.24, 2.45) is 0 Å². The molecule has 1 fully saturated rings. The van der Waals surface area contributed by atoms with Gasteiger partial charge >= 0.3 is 0 Å². The zero-order chi connectivity index (χ0) is 7.40. The normalized spacial score (nSPS) is 33.7. The van der Waals surface area contributed by atoms with E-state index in [1.54, 1.807) is 0 Å². The van der Waals surface area contributed by atoms with Gasteiger partial charge in [-0.3, -0.25) is 0 Å². The fraction of sp³-hybridized carbons (Fsp3) is 0.857. The van der Waals surface area contributed by atoms with Crippen LogP contribution in [-0.4, -0.2) is 30.1 Å². The Kier molecular flexibility index (Phi) is 2.83. The summed E-state index contributed by atoms with van der Waals surface area (Å²) >= 11 is 0. The summed E-state index contributed by atoms with van der Waals surface area (Å²) in [7, 11) is 0. The van der Waals surface area contributed by atoms with Crippen LogP contribution in [0.1, 0.15) is 19.3 Å². The van der Waals surface area contributed by atoms with Crippen molar-refractivity contribution in [3.63, 3.8) is 0 Å². The number of aliphatic hydroxyl groups excluding tert-OH is 1. The molecule has 2 unspecified atom stereocenters. The molecule has 0 aliphatic carbocycles. The van der Waals surface area contributed by atoms with Crippen LogP contribution in [-0.2, 0) is 4.79 Å². The Morgan fingerprint density at radius 2 is 2.40 bits per heavy atom. The van der Waals surface area contributed by atoms with E-state index in [9.17, 15) is 4.79 Å². The number of aldehydes is 1. The van der Waals surface area contributed by atoms with Crippen molar-refractivity contribution in [3.05, 3.63) is 0 Å². The van der Waals surface area contributed by atoms with Gasteiger partial charge in [0.25, 0.3) is 0 Å². The molecule has 0 bridgehead atoms. The van der Waals surface area contributed by atoms with Gasteiger partial charge in [0, 0.05) is 6.04 Å². The van der Waals surface area contributed by atoms with Crippen LogP contribution in [0.2, 0.25) is 0 Å². The molecule has 3 nitrogen and oxygen atoms in total. The maximum absolute atomic E-state index is 10.3. The number of carbonyl (C=O) groups is 1. The molecule has 10 heavy (non-hydrogen) atoms. The highest BCUT2D eigenvalue weighted by Crippen LogP contribution is 2.10. The lowest BCUT2D eigenvalue weighted by atomic mass is 10.0. The van der Waals surface area contributed by atoms with Crippen molar-refractivity contribution in [1.82, 2.24) is 5.32 Å². The predicted octanol–water partition coefficient (Wildman–Crippen LogP) is -0.312. The van der Waals surface area contributed by atoms with Crippen molar-refractivity contribution >= 4 is 6.29 Å². The van der Waals surface area contributed by atoms with Gasteiger partial charge in [-0.25, -0.2) is 0 Å². The molecule has 1 aliphatic rings. The second-order valence-electron chi connectivity index (χ2n) is 2.72. The van der Waals surface area contributed by atoms with Gasteiger partial charge in [0.05, 0.1) is 12.6 Å². The van der Waals surface area contributed by atoms with Gasteiger partial charge in [-0.1, -0.05) is 0 Å². The summed E-state index contributed by atoms with van der Waals surface area (Å²) in [6, 6.07) is 0.120. The molecule has 1 aliphatic heterocycles. The minimum atomic E-state index is -0.0223. The lowest BCUT2D eigenvalue weighted by Gasteiger charge is -2.25. The molecule has 0 spiro atoms. The predicted molar refractivity (Wildman–Crippen MR) is 37.7 cm³/mol. The van der Waals surface area contributed by atoms with Crippen molar-refractivity contribution < 1.29 is 9.90 Å². The van der Waals surface area contributed by atoms with Gasteiger partial charge in [-0.05, 0) is 19.3 Å². The van der Waals surface area contributed by atoms with Crippen LogP contribution >= 0.6 is 0 Å². The lowest BCUT2D eigenvalue weighted by Crippen LogP contribution is -2.44. The van der Waals surface area contributed by atoms with Crippen LogP contribution in [0, 0.1) is 0 Å². The first kappa shape index (κ1) is 7.69. The van der Waals surface area contributed by atoms with E-state index in [1.807, 2.05) is 0 Å². The maximum atomic E-state index is 10.3. The van der Waals surface area contributed by atoms with Crippen LogP contribution in [0.25, 0.3) is 0 Å². The topological polar surface area (TPSA) is 49.3 Å². The first-order valence-corrected chi connectivity index (χ1v) is 3.69. The third-order valence-corrected chi connectivity index (χ3v) is 1.90. The summed E-state index contributed by atoms with van der Waals surface area (Å²) in [4.78, 5) is 10.3. The molecule has 0 aromatic rings. The van der Waals surface area contributed by atoms with Gasteiger partial charge < -0.3 is 15.2 Å². The number of carbonyl (C=O) groups excluding carboxylic acids is 1. The van der Waals surface area contributed by atoms with Crippen LogP contribution < -0.4 is 5.32 Å². The second-order valence-corrected chi connectivity index (χ2v) is 2.72. The molecule has 0 amide bonds. The second kappa shape index (κ2) is 3.68. The van der Waals surface area contributed by atoms with Gasteiger partial charge in [-0.2, -0.15) is 0 Å². The Labute approximate surface area is 60.4 Å². The van der Waals surface area contributed by atoms with Crippen molar-refractivity contribution in [2.75, 3.05) is 6.61 Å². The summed E-state index contributed by atoms with van der Waals surface area (Å²) in [5, 5.41) is 11.8. The SMILES string of the molecule is O=CC1CCCC(CO)N1. The first-order chi connectivity index (χ1) is 4.86. The molecule has 0 aromatic carbocycles. The van der Waals surface area contributed by atoms with E-state index < -0.39 is 0 Å². The maximum Gasteiger partial charge on any atom is 0.136 e. The smallest absolute Gasteiger partial charge is 0.136 e. The summed E-state index contributed by atoms with van der Waals surface area (Å²) in [5.41, 5.74) is 0. The fourth-order valence-corrected chi connectivity index (χ4v) is 1.30. The third-order valence-electron chi connectivity index (χ3n) is 1.90. The Morgan fingerprint density at radius 1 is 1.60 bits per heavy atom. The van der Waals surface area contributed by atoms with Crippen LogP contribution in [0.3, 0.4) is 0 Å². The molecule has 0 saturated carbocycles. The lowest BCUT2D eigenvalue weighted by molar-refractivity contribution is -0.110. The number of piperidine rings is 1. The Bertz CT molecular complexity index is 116. The molecular formula is C7H13NO2. The Morgan fingerprint density at radius 3 is 3.00 bits per heavy atom. The van der Waals surface area contributed by atoms with E-state index in [2.05, 4.69) is 5.32 Å². The van der Waals surface area contributed by atoms with Gasteiger partial charge in [0.15, 0.2) is 0 Å². The van der Waals surface area contributed by atoms with Crippen molar-refractivity contribution in [3.8, 4) is 0 Å². The highest BCUT2D eigenvalue weighted by atomic mass is 16.3. The van der Waals surface area contributed by atoms with Crippen LogP contribution in [0.4, 0.5) is 0 Å². The van der Waals surface area contributed by atoms with E-state index in [-0.39, 0.29) is 18.7 Å². The summed E-state index contributed by atoms with van der Waals surface area (Å²) in [6.07, 6.45) is 3.87. The zero-order valence-electron chi connectivity index (χ0n) is 5.92. The molecule has 3 heteroatoms. The highest BCUT2D eigenvalue weighted by molar-refractivity contribution is 5.57. The molecule has 0 radical (unpaired) electrons. The first-order valence-electron chi connectivity index (χ1n) is 3.69. The molecule has 2 atom stereocenters. The minimum Gasteiger partial charge on any atom is -0.395 e. The van der Waals surface area contributed by atoms with E-state index >= 15 is 0 Å². The summed E-state index contributed by atoms with van der Waals surface area (Å²) < 4.78 is 0. The molecule has 1 rings (SSSR count). The molecule has 1 heterocycles. The number of aliphatic hydroxyl groups is 1. The fourth-order valence-electron chi connectivity index (χ4n) is 1.30. The number of hydrogen-bond donors (Lipinski definition) is 2. The Balaban J connectivity index is 2.31. The average molecular weight is 143 g/mol. The van der Waals surface area contributed by atoms with Crippen LogP contribution in [0.5, 0.6) is 0 Å². The molecule has 0 aromatic heterocycles. The van der Waals surface area contributed by atoms with Gasteiger partial charge in [0.2, 0.25) is 0 Å². The number of hydrogen-bond acceptors (Lipinski definition) is 3. The molecule has 2 N–H and O–H groups in total. The summed E-state index contributed by atoms with van der Waals surface area (Å²) in [5.74, 6) is 0. The molecular weight excluding hydrogens is 130 g/mol. The largest absolute Gasteiger partial charge is 0.395 e. The molecule has 58 valence electrons. The monoisotopic (exact) mass is 143 g/mol. The third kappa shape index (κ3) is 1.78. The minimum absolute atomic E-state index is 0.0223. The number of rotatable bonds is 2. The van der Waals surface area contributed by atoms with Crippen molar-refractivity contribution in [2.45, 2.75) is 31.3 Å². The van der Waals surface area contributed by atoms with E-state index in [4.69, 9.17) is 5.11 Å². The molecule has 1 saturated heterocycles. The quantitative estimate of drug-likeness (QED) is 0.521. The van der Waals surface area contributed by atoms with Gasteiger partial charge in [0.1, 0.15) is 6.29 Å².